The molecule has 3 rings (SSSR count). The van der Waals surface area contributed by atoms with Crippen LogP contribution in [-0.4, -0.2) is 52.8 Å². The molecular formula is C15H22N2O3S. The highest BCUT2D eigenvalue weighted by molar-refractivity contribution is 8.01. The van der Waals surface area contributed by atoms with Crippen molar-refractivity contribution in [1.82, 2.24) is 10.1 Å². The lowest BCUT2D eigenvalue weighted by Gasteiger charge is -2.47. The summed E-state index contributed by atoms with van der Waals surface area (Å²) >= 11 is 1.94. The van der Waals surface area contributed by atoms with Crippen molar-refractivity contribution in [3.05, 3.63) is 17.0 Å². The number of thioether (sulfide) groups is 1. The molecule has 2 fully saturated rings. The van der Waals surface area contributed by atoms with Gasteiger partial charge in [-0.05, 0) is 19.8 Å². The third-order valence-corrected chi connectivity index (χ3v) is 5.95. The molecule has 1 aromatic heterocycles. The molecule has 3 heterocycles. The van der Waals surface area contributed by atoms with Crippen LogP contribution in [0, 0.1) is 6.92 Å². The Morgan fingerprint density at radius 3 is 2.95 bits per heavy atom. The molecule has 1 amide bonds. The van der Waals surface area contributed by atoms with Gasteiger partial charge in [-0.25, -0.2) is 0 Å². The lowest BCUT2D eigenvalue weighted by Crippen LogP contribution is -2.60. The first kappa shape index (κ1) is 14.9. The van der Waals surface area contributed by atoms with Gasteiger partial charge in [-0.3, -0.25) is 4.79 Å². The minimum Gasteiger partial charge on any atom is -0.381 e. The third kappa shape index (κ3) is 2.59. The van der Waals surface area contributed by atoms with Gasteiger partial charge in [0.2, 0.25) is 0 Å². The van der Waals surface area contributed by atoms with E-state index in [0.717, 1.165) is 43.9 Å². The summed E-state index contributed by atoms with van der Waals surface area (Å²) in [6.45, 7) is 5.54. The van der Waals surface area contributed by atoms with Gasteiger partial charge in [0.1, 0.15) is 11.3 Å². The van der Waals surface area contributed by atoms with Crippen LogP contribution in [0.4, 0.5) is 0 Å². The maximum absolute atomic E-state index is 12.7. The highest BCUT2D eigenvalue weighted by Crippen LogP contribution is 2.46. The Labute approximate surface area is 129 Å². The van der Waals surface area contributed by atoms with Gasteiger partial charge in [0.25, 0.3) is 5.91 Å². The van der Waals surface area contributed by atoms with Crippen LogP contribution in [0.3, 0.4) is 0 Å². The molecule has 0 N–H and O–H groups in total. The largest absolute Gasteiger partial charge is 0.381 e. The molecule has 0 saturated carbocycles. The van der Waals surface area contributed by atoms with Gasteiger partial charge < -0.3 is 14.2 Å². The Morgan fingerprint density at radius 1 is 1.57 bits per heavy atom. The molecule has 0 radical (unpaired) electrons. The molecular weight excluding hydrogens is 288 g/mol. The fourth-order valence-electron chi connectivity index (χ4n) is 3.21. The molecule has 2 aliphatic heterocycles. The fourth-order valence-corrected chi connectivity index (χ4v) is 4.81. The summed E-state index contributed by atoms with van der Waals surface area (Å²) in [6, 6.07) is 0. The zero-order chi connectivity index (χ0) is 15.0. The van der Waals surface area contributed by atoms with Crippen molar-refractivity contribution in [3.8, 4) is 0 Å². The normalized spacial score (nSPS) is 23.6. The quantitative estimate of drug-likeness (QED) is 0.854. The molecule has 1 atom stereocenters. The number of nitrogens with zero attached hydrogens (tertiary/aromatic N) is 2. The Bertz CT molecular complexity index is 537. The molecule has 0 unspecified atom stereocenters. The van der Waals surface area contributed by atoms with E-state index >= 15 is 0 Å². The number of aromatic nitrogens is 1. The minimum atomic E-state index is 0.0734. The van der Waals surface area contributed by atoms with Crippen molar-refractivity contribution in [2.24, 2.45) is 0 Å². The second-order valence-corrected chi connectivity index (χ2v) is 7.52. The highest BCUT2D eigenvalue weighted by Gasteiger charge is 2.51. The minimum absolute atomic E-state index is 0.0734. The van der Waals surface area contributed by atoms with E-state index in [9.17, 15) is 4.79 Å². The first-order valence-electron chi connectivity index (χ1n) is 7.50. The van der Waals surface area contributed by atoms with Crippen molar-refractivity contribution in [1.29, 1.82) is 0 Å². The molecule has 0 aliphatic carbocycles. The predicted octanol–water partition coefficient (Wildman–Crippen LogP) is 2.28. The van der Waals surface area contributed by atoms with Crippen LogP contribution in [-0.2, 0) is 11.2 Å². The Hall–Kier alpha value is -1.01. The zero-order valence-electron chi connectivity index (χ0n) is 12.8. The molecule has 0 bridgehead atoms. The Balaban J connectivity index is 1.67. The lowest BCUT2D eigenvalue weighted by atomic mass is 9.92. The summed E-state index contributed by atoms with van der Waals surface area (Å²) in [6.07, 6.45) is 3.09. The molecule has 116 valence electrons. The second kappa shape index (κ2) is 5.65. The standard InChI is InChI=1S/C15H22N2O3S/c1-4-5-12-13(10(2)16-20-12)14(18)17-8-15(9-17)6-11(19-3)7-21-15/h11H,4-9H2,1-3H3/t11-/m0/s1. The summed E-state index contributed by atoms with van der Waals surface area (Å²) in [7, 11) is 1.77. The van der Waals surface area contributed by atoms with E-state index in [1.54, 1.807) is 7.11 Å². The van der Waals surface area contributed by atoms with Gasteiger partial charge in [0.05, 0.1) is 16.5 Å². The molecule has 2 saturated heterocycles. The molecule has 0 aromatic carbocycles. The van der Waals surface area contributed by atoms with Crippen LogP contribution in [0.25, 0.3) is 0 Å². The Morgan fingerprint density at radius 2 is 2.33 bits per heavy atom. The van der Waals surface area contributed by atoms with Crippen LogP contribution in [0.1, 0.15) is 41.6 Å². The second-order valence-electron chi connectivity index (χ2n) is 6.03. The lowest BCUT2D eigenvalue weighted by molar-refractivity contribution is 0.0449. The summed E-state index contributed by atoms with van der Waals surface area (Å²) < 4.78 is 11.0. The van der Waals surface area contributed by atoms with E-state index in [1.807, 2.05) is 23.6 Å². The number of carbonyl (C=O) groups excluding carboxylic acids is 1. The van der Waals surface area contributed by atoms with Gasteiger partial charge >= 0.3 is 0 Å². The van der Waals surface area contributed by atoms with Gasteiger partial charge in [-0.15, -0.1) is 11.8 Å². The topological polar surface area (TPSA) is 55.6 Å². The maximum Gasteiger partial charge on any atom is 0.259 e. The van der Waals surface area contributed by atoms with Crippen molar-refractivity contribution in [2.45, 2.75) is 44.0 Å². The molecule has 1 spiro atoms. The van der Waals surface area contributed by atoms with Crippen LogP contribution in [0.15, 0.2) is 4.52 Å². The number of rotatable bonds is 4. The number of ether oxygens (including phenoxy) is 1. The summed E-state index contributed by atoms with van der Waals surface area (Å²) in [5, 5.41) is 3.96. The van der Waals surface area contributed by atoms with Crippen molar-refractivity contribution >= 4 is 17.7 Å². The van der Waals surface area contributed by atoms with E-state index in [4.69, 9.17) is 9.26 Å². The van der Waals surface area contributed by atoms with E-state index in [0.29, 0.717) is 17.4 Å². The van der Waals surface area contributed by atoms with Crippen LogP contribution < -0.4 is 0 Å². The molecule has 2 aliphatic rings. The summed E-state index contributed by atoms with van der Waals surface area (Å²) in [5.74, 6) is 1.84. The summed E-state index contributed by atoms with van der Waals surface area (Å²) in [5.41, 5.74) is 1.39. The first-order valence-corrected chi connectivity index (χ1v) is 8.48. The third-order valence-electron chi connectivity index (χ3n) is 4.38. The van der Waals surface area contributed by atoms with E-state index in [-0.39, 0.29) is 10.7 Å². The predicted molar refractivity (Wildman–Crippen MR) is 81.7 cm³/mol. The Kier molecular flexibility index (Phi) is 4.01. The van der Waals surface area contributed by atoms with Crippen molar-refractivity contribution < 1.29 is 14.1 Å². The van der Waals surface area contributed by atoms with E-state index in [2.05, 4.69) is 12.1 Å². The SMILES string of the molecule is CCCc1onc(C)c1C(=O)N1CC2(C[C@H](OC)CS2)C1. The van der Waals surface area contributed by atoms with Crippen molar-refractivity contribution in [3.63, 3.8) is 0 Å². The van der Waals surface area contributed by atoms with Gasteiger partial charge in [-0.1, -0.05) is 12.1 Å². The number of methoxy groups -OCH3 is 1. The fraction of sp³-hybridized carbons (Fsp3) is 0.733. The van der Waals surface area contributed by atoms with Crippen LogP contribution in [0.5, 0.6) is 0 Å². The highest BCUT2D eigenvalue weighted by atomic mass is 32.2. The summed E-state index contributed by atoms with van der Waals surface area (Å²) in [4.78, 5) is 14.6. The van der Waals surface area contributed by atoms with E-state index in [1.165, 1.54) is 0 Å². The average molecular weight is 310 g/mol. The molecule has 6 heteroatoms. The number of hydrogen-bond donors (Lipinski definition) is 0. The van der Waals surface area contributed by atoms with Gasteiger partial charge in [0, 0.05) is 32.4 Å². The average Bonchev–Trinajstić information content (AvgIpc) is 3.01. The number of hydrogen-bond acceptors (Lipinski definition) is 5. The van der Waals surface area contributed by atoms with E-state index < -0.39 is 0 Å². The smallest absolute Gasteiger partial charge is 0.259 e. The molecule has 21 heavy (non-hydrogen) atoms. The van der Waals surface area contributed by atoms with Gasteiger partial charge in [0.15, 0.2) is 0 Å². The van der Waals surface area contributed by atoms with Crippen molar-refractivity contribution in [2.75, 3.05) is 26.0 Å². The molecule has 5 nitrogen and oxygen atoms in total. The monoisotopic (exact) mass is 310 g/mol. The maximum atomic E-state index is 12.7. The van der Waals surface area contributed by atoms with Gasteiger partial charge in [-0.2, -0.15) is 0 Å². The first-order chi connectivity index (χ1) is 10.1. The number of amides is 1. The van der Waals surface area contributed by atoms with Crippen LogP contribution >= 0.6 is 11.8 Å². The van der Waals surface area contributed by atoms with Crippen LogP contribution in [0.2, 0.25) is 0 Å². The number of carbonyl (C=O) groups is 1. The number of aryl methyl sites for hydroxylation is 2. The number of likely N-dealkylation sites (tertiary alicyclic amines) is 1. The molecule has 1 aromatic rings. The zero-order valence-corrected chi connectivity index (χ0v) is 13.7.